The van der Waals surface area contributed by atoms with Crippen molar-refractivity contribution >= 4 is 11.5 Å². The van der Waals surface area contributed by atoms with Crippen LogP contribution in [0.2, 0.25) is 0 Å². The van der Waals surface area contributed by atoms with Gasteiger partial charge in [-0.3, -0.25) is 0 Å². The van der Waals surface area contributed by atoms with E-state index in [0.29, 0.717) is 24.0 Å². The summed E-state index contributed by atoms with van der Waals surface area (Å²) in [6.45, 7) is 6.64. The van der Waals surface area contributed by atoms with Crippen LogP contribution in [-0.2, 0) is 6.42 Å². The average molecular weight is 295 g/mol. The molecule has 120 valence electrons. The minimum Gasteiger partial charge on any atom is -0.476 e. The Kier molecular flexibility index (Phi) is 7.82. The summed E-state index contributed by atoms with van der Waals surface area (Å²) in [5, 5.41) is 3.30. The average Bonchev–Trinajstić information content (AvgIpc) is 2.44. The molecular weight excluding hydrogens is 266 g/mol. The molecule has 0 atom stereocenters. The van der Waals surface area contributed by atoms with E-state index in [0.717, 1.165) is 44.6 Å². The fourth-order valence-corrected chi connectivity index (χ4v) is 1.87. The van der Waals surface area contributed by atoms with Crippen LogP contribution in [-0.4, -0.2) is 48.7 Å². The molecule has 0 aromatic carbocycles. The van der Waals surface area contributed by atoms with Crippen LogP contribution in [0.15, 0.2) is 0 Å². The van der Waals surface area contributed by atoms with E-state index >= 15 is 0 Å². The molecule has 0 aliphatic rings. The molecule has 0 spiro atoms. The van der Waals surface area contributed by atoms with Gasteiger partial charge in [-0.05, 0) is 39.9 Å². The standard InChI is InChI=1S/C15H29N5O/c1-5-8-12-18-14(17-9-7-10-20(3)4)13(16)15(19-12)21-11-6-2/h5-11,16H2,1-4H3,(H,17,18,19). The number of rotatable bonds is 10. The van der Waals surface area contributed by atoms with Gasteiger partial charge in [0.15, 0.2) is 5.82 Å². The molecule has 0 saturated heterocycles. The SMILES string of the molecule is CCCOc1nc(CCC)nc(NCCCN(C)C)c1N. The van der Waals surface area contributed by atoms with Gasteiger partial charge in [0.1, 0.15) is 11.5 Å². The molecule has 6 heteroatoms. The molecule has 0 aliphatic carbocycles. The Morgan fingerprint density at radius 3 is 2.57 bits per heavy atom. The molecule has 1 aromatic heterocycles. The first-order valence-electron chi connectivity index (χ1n) is 7.76. The third-order valence-electron chi connectivity index (χ3n) is 2.95. The normalized spacial score (nSPS) is 10.9. The largest absolute Gasteiger partial charge is 0.476 e. The maximum Gasteiger partial charge on any atom is 0.242 e. The summed E-state index contributed by atoms with van der Waals surface area (Å²) in [6, 6.07) is 0. The predicted molar refractivity (Wildman–Crippen MR) is 87.9 cm³/mol. The minimum atomic E-state index is 0.505. The first-order chi connectivity index (χ1) is 10.1. The molecule has 1 rings (SSSR count). The van der Waals surface area contributed by atoms with Crippen LogP contribution in [0.5, 0.6) is 5.88 Å². The van der Waals surface area contributed by atoms with Gasteiger partial charge in [0.2, 0.25) is 5.88 Å². The van der Waals surface area contributed by atoms with E-state index < -0.39 is 0 Å². The Balaban J connectivity index is 2.76. The van der Waals surface area contributed by atoms with Gasteiger partial charge >= 0.3 is 0 Å². The lowest BCUT2D eigenvalue weighted by Crippen LogP contribution is -2.17. The highest BCUT2D eigenvalue weighted by Crippen LogP contribution is 2.26. The van der Waals surface area contributed by atoms with Gasteiger partial charge < -0.3 is 20.7 Å². The summed E-state index contributed by atoms with van der Waals surface area (Å²) in [5.74, 6) is 1.98. The Labute approximate surface area is 128 Å². The monoisotopic (exact) mass is 295 g/mol. The van der Waals surface area contributed by atoms with Gasteiger partial charge in [0.05, 0.1) is 6.61 Å². The van der Waals surface area contributed by atoms with Crippen molar-refractivity contribution < 1.29 is 4.74 Å². The zero-order valence-corrected chi connectivity index (χ0v) is 13.8. The van der Waals surface area contributed by atoms with E-state index in [1.54, 1.807) is 0 Å². The van der Waals surface area contributed by atoms with Crippen molar-refractivity contribution in [2.45, 2.75) is 39.5 Å². The smallest absolute Gasteiger partial charge is 0.242 e. The Bertz CT molecular complexity index is 423. The maximum atomic E-state index is 6.11. The van der Waals surface area contributed by atoms with Crippen LogP contribution in [0.3, 0.4) is 0 Å². The molecule has 0 bridgehead atoms. The van der Waals surface area contributed by atoms with Crippen LogP contribution >= 0.6 is 0 Å². The van der Waals surface area contributed by atoms with Crippen molar-refractivity contribution in [1.82, 2.24) is 14.9 Å². The molecule has 1 heterocycles. The molecule has 0 amide bonds. The van der Waals surface area contributed by atoms with Crippen molar-refractivity contribution in [3.63, 3.8) is 0 Å². The first-order valence-corrected chi connectivity index (χ1v) is 7.76. The fourth-order valence-electron chi connectivity index (χ4n) is 1.87. The van der Waals surface area contributed by atoms with Crippen molar-refractivity contribution in [2.75, 3.05) is 44.8 Å². The van der Waals surface area contributed by atoms with Crippen LogP contribution in [0, 0.1) is 0 Å². The minimum absolute atomic E-state index is 0.505. The molecule has 0 radical (unpaired) electrons. The topological polar surface area (TPSA) is 76.3 Å². The number of hydrogen-bond acceptors (Lipinski definition) is 6. The van der Waals surface area contributed by atoms with Crippen molar-refractivity contribution in [3.8, 4) is 5.88 Å². The van der Waals surface area contributed by atoms with E-state index in [2.05, 4.69) is 48.1 Å². The lowest BCUT2D eigenvalue weighted by Gasteiger charge is -2.15. The summed E-state index contributed by atoms with van der Waals surface area (Å²) in [7, 11) is 4.13. The third kappa shape index (κ3) is 6.16. The number of aromatic nitrogens is 2. The number of nitrogens with zero attached hydrogens (tertiary/aromatic N) is 3. The summed E-state index contributed by atoms with van der Waals surface area (Å²) < 4.78 is 5.63. The second-order valence-electron chi connectivity index (χ2n) is 5.39. The van der Waals surface area contributed by atoms with Crippen LogP contribution in [0.4, 0.5) is 11.5 Å². The van der Waals surface area contributed by atoms with Gasteiger partial charge in [-0.1, -0.05) is 13.8 Å². The van der Waals surface area contributed by atoms with E-state index in [9.17, 15) is 0 Å². The second-order valence-corrected chi connectivity index (χ2v) is 5.39. The second kappa shape index (κ2) is 9.39. The van der Waals surface area contributed by atoms with Crippen molar-refractivity contribution in [1.29, 1.82) is 0 Å². The van der Waals surface area contributed by atoms with Gasteiger partial charge in [-0.15, -0.1) is 0 Å². The lowest BCUT2D eigenvalue weighted by molar-refractivity contribution is 0.305. The molecule has 0 saturated carbocycles. The first kappa shape index (κ1) is 17.5. The van der Waals surface area contributed by atoms with Gasteiger partial charge in [-0.2, -0.15) is 4.98 Å². The number of nitrogen functional groups attached to an aromatic ring is 1. The van der Waals surface area contributed by atoms with Crippen LogP contribution in [0.1, 0.15) is 38.9 Å². The highest BCUT2D eigenvalue weighted by Gasteiger charge is 2.12. The molecule has 6 nitrogen and oxygen atoms in total. The number of hydrogen-bond donors (Lipinski definition) is 2. The van der Waals surface area contributed by atoms with E-state index in [1.807, 2.05) is 0 Å². The molecule has 3 N–H and O–H groups in total. The highest BCUT2D eigenvalue weighted by molar-refractivity contribution is 5.66. The number of anilines is 2. The van der Waals surface area contributed by atoms with Crippen LogP contribution < -0.4 is 15.8 Å². The number of ether oxygens (including phenoxy) is 1. The molecule has 21 heavy (non-hydrogen) atoms. The van der Waals surface area contributed by atoms with E-state index in [4.69, 9.17) is 10.5 Å². The molecular formula is C15H29N5O. The summed E-state index contributed by atoms with van der Waals surface area (Å²) in [5.41, 5.74) is 6.62. The van der Waals surface area contributed by atoms with Crippen molar-refractivity contribution in [2.24, 2.45) is 0 Å². The Morgan fingerprint density at radius 1 is 1.19 bits per heavy atom. The fraction of sp³-hybridized carbons (Fsp3) is 0.733. The Hall–Kier alpha value is -1.56. The van der Waals surface area contributed by atoms with Gasteiger partial charge in [-0.25, -0.2) is 4.98 Å². The summed E-state index contributed by atoms with van der Waals surface area (Å²) in [4.78, 5) is 11.1. The van der Waals surface area contributed by atoms with Gasteiger partial charge in [0.25, 0.3) is 0 Å². The quantitative estimate of drug-likeness (QED) is 0.644. The lowest BCUT2D eigenvalue weighted by atomic mass is 10.3. The zero-order valence-electron chi connectivity index (χ0n) is 13.8. The number of nitrogens with two attached hydrogens (primary N) is 1. The number of aryl methyl sites for hydroxylation is 1. The van der Waals surface area contributed by atoms with Gasteiger partial charge in [0, 0.05) is 13.0 Å². The van der Waals surface area contributed by atoms with E-state index in [-0.39, 0.29) is 0 Å². The van der Waals surface area contributed by atoms with E-state index in [1.165, 1.54) is 0 Å². The summed E-state index contributed by atoms with van der Waals surface area (Å²) >= 11 is 0. The highest BCUT2D eigenvalue weighted by atomic mass is 16.5. The Morgan fingerprint density at radius 2 is 1.95 bits per heavy atom. The molecule has 1 aromatic rings. The molecule has 0 unspecified atom stereocenters. The zero-order chi connectivity index (χ0) is 15.7. The number of nitrogens with one attached hydrogen (secondary N) is 1. The summed E-state index contributed by atoms with van der Waals surface area (Å²) in [6.07, 6.45) is 3.79. The van der Waals surface area contributed by atoms with Crippen molar-refractivity contribution in [3.05, 3.63) is 5.82 Å². The molecule has 0 aliphatic heterocycles. The maximum absolute atomic E-state index is 6.11. The predicted octanol–water partition coefficient (Wildman–Crippen LogP) is 2.16. The third-order valence-corrected chi connectivity index (χ3v) is 2.95. The molecule has 0 fully saturated rings. The van der Waals surface area contributed by atoms with Crippen LogP contribution in [0.25, 0.3) is 0 Å².